The van der Waals surface area contributed by atoms with E-state index in [0.29, 0.717) is 24.3 Å². The molecule has 104 valence electrons. The predicted octanol–water partition coefficient (Wildman–Crippen LogP) is 1.38. The molecule has 0 bridgehead atoms. The van der Waals surface area contributed by atoms with Crippen LogP contribution in [-0.4, -0.2) is 36.1 Å². The van der Waals surface area contributed by atoms with Gasteiger partial charge in [0.25, 0.3) is 5.91 Å². The van der Waals surface area contributed by atoms with Crippen molar-refractivity contribution in [2.24, 2.45) is 0 Å². The van der Waals surface area contributed by atoms with Crippen LogP contribution in [0.4, 0.5) is 5.69 Å². The first-order valence-corrected chi connectivity index (χ1v) is 6.93. The molecule has 5 nitrogen and oxygen atoms in total. The molecule has 2 unspecified atom stereocenters. The minimum atomic E-state index is -0.121. The van der Waals surface area contributed by atoms with Crippen LogP contribution >= 0.6 is 0 Å². The molecule has 0 radical (unpaired) electrons. The van der Waals surface area contributed by atoms with Crippen LogP contribution in [0.5, 0.6) is 0 Å². The molecule has 1 aromatic rings. The number of hydrogen-bond donors (Lipinski definition) is 3. The van der Waals surface area contributed by atoms with Crippen LogP contribution in [0.1, 0.15) is 37.2 Å². The third-order valence-corrected chi connectivity index (χ3v) is 3.32. The molecule has 0 saturated carbocycles. The van der Waals surface area contributed by atoms with Gasteiger partial charge in [-0.15, -0.1) is 0 Å². The number of pyridine rings is 1. The van der Waals surface area contributed by atoms with Crippen molar-refractivity contribution in [3.8, 4) is 0 Å². The molecule has 0 aromatic carbocycles. The molecule has 0 spiro atoms. The summed E-state index contributed by atoms with van der Waals surface area (Å²) in [6.07, 6.45) is 3.87. The number of piperidine rings is 1. The Morgan fingerprint density at radius 2 is 2.42 bits per heavy atom. The van der Waals surface area contributed by atoms with Crippen molar-refractivity contribution in [3.63, 3.8) is 0 Å². The Hall–Kier alpha value is -1.62. The molecule has 5 heteroatoms. The summed E-state index contributed by atoms with van der Waals surface area (Å²) < 4.78 is 0. The van der Waals surface area contributed by atoms with E-state index in [4.69, 9.17) is 0 Å². The van der Waals surface area contributed by atoms with Crippen molar-refractivity contribution in [2.75, 3.05) is 18.4 Å². The zero-order valence-electron chi connectivity index (χ0n) is 11.6. The van der Waals surface area contributed by atoms with Crippen molar-refractivity contribution >= 4 is 11.6 Å². The molecule has 1 aliphatic rings. The SMILES string of the molecule is CCNC(=O)c1cc(NC2CCNC(C)C2)ccn1. The molecule has 1 aromatic heterocycles. The highest BCUT2D eigenvalue weighted by atomic mass is 16.1. The number of rotatable bonds is 4. The normalized spacial score (nSPS) is 22.8. The lowest BCUT2D eigenvalue weighted by Crippen LogP contribution is -2.41. The van der Waals surface area contributed by atoms with E-state index in [2.05, 4.69) is 27.9 Å². The molecule has 0 aliphatic carbocycles. The number of hydrogen-bond acceptors (Lipinski definition) is 4. The van der Waals surface area contributed by atoms with E-state index in [1.165, 1.54) is 0 Å². The lowest BCUT2D eigenvalue weighted by Gasteiger charge is -2.29. The van der Waals surface area contributed by atoms with Gasteiger partial charge >= 0.3 is 0 Å². The molecule has 2 rings (SSSR count). The summed E-state index contributed by atoms with van der Waals surface area (Å²) in [6.45, 7) is 5.74. The van der Waals surface area contributed by atoms with Crippen LogP contribution in [-0.2, 0) is 0 Å². The molecular weight excluding hydrogens is 240 g/mol. The van der Waals surface area contributed by atoms with E-state index < -0.39 is 0 Å². The van der Waals surface area contributed by atoms with E-state index in [0.717, 1.165) is 25.1 Å². The maximum Gasteiger partial charge on any atom is 0.269 e. The van der Waals surface area contributed by atoms with Gasteiger partial charge in [-0.05, 0) is 45.4 Å². The van der Waals surface area contributed by atoms with Gasteiger partial charge in [-0.3, -0.25) is 9.78 Å². The van der Waals surface area contributed by atoms with Crippen molar-refractivity contribution in [1.29, 1.82) is 0 Å². The molecule has 1 amide bonds. The van der Waals surface area contributed by atoms with Crippen molar-refractivity contribution in [2.45, 2.75) is 38.8 Å². The van der Waals surface area contributed by atoms with Crippen LogP contribution in [0, 0.1) is 0 Å². The Morgan fingerprint density at radius 3 is 3.16 bits per heavy atom. The summed E-state index contributed by atoms with van der Waals surface area (Å²) in [4.78, 5) is 15.8. The van der Waals surface area contributed by atoms with Gasteiger partial charge < -0.3 is 16.0 Å². The lowest BCUT2D eigenvalue weighted by atomic mass is 10.0. The van der Waals surface area contributed by atoms with Crippen molar-refractivity contribution in [1.82, 2.24) is 15.6 Å². The zero-order chi connectivity index (χ0) is 13.7. The van der Waals surface area contributed by atoms with Gasteiger partial charge in [0.05, 0.1) is 0 Å². The average molecular weight is 262 g/mol. The summed E-state index contributed by atoms with van der Waals surface area (Å²) in [5.41, 5.74) is 1.43. The Morgan fingerprint density at radius 1 is 1.58 bits per heavy atom. The largest absolute Gasteiger partial charge is 0.382 e. The van der Waals surface area contributed by atoms with Crippen LogP contribution < -0.4 is 16.0 Å². The van der Waals surface area contributed by atoms with Gasteiger partial charge in [0.1, 0.15) is 5.69 Å². The number of carbonyl (C=O) groups is 1. The van der Waals surface area contributed by atoms with Gasteiger partial charge in [0, 0.05) is 30.5 Å². The molecule has 1 aliphatic heterocycles. The summed E-state index contributed by atoms with van der Waals surface area (Å²) in [7, 11) is 0. The molecule has 2 heterocycles. The molecule has 1 saturated heterocycles. The topological polar surface area (TPSA) is 66.1 Å². The van der Waals surface area contributed by atoms with E-state index in [1.807, 2.05) is 19.1 Å². The summed E-state index contributed by atoms with van der Waals surface area (Å²) in [5, 5.41) is 9.68. The molecule has 3 N–H and O–H groups in total. The highest BCUT2D eigenvalue weighted by Gasteiger charge is 2.18. The smallest absolute Gasteiger partial charge is 0.269 e. The van der Waals surface area contributed by atoms with E-state index in [9.17, 15) is 4.79 Å². The fraction of sp³-hybridized carbons (Fsp3) is 0.571. The fourth-order valence-corrected chi connectivity index (χ4v) is 2.39. The van der Waals surface area contributed by atoms with Gasteiger partial charge in [0.2, 0.25) is 0 Å². The minimum Gasteiger partial charge on any atom is -0.382 e. The monoisotopic (exact) mass is 262 g/mol. The van der Waals surface area contributed by atoms with Crippen LogP contribution in [0.15, 0.2) is 18.3 Å². The second kappa shape index (κ2) is 6.52. The number of carbonyl (C=O) groups excluding carboxylic acids is 1. The lowest BCUT2D eigenvalue weighted by molar-refractivity contribution is 0.0951. The van der Waals surface area contributed by atoms with E-state index in [-0.39, 0.29) is 5.91 Å². The van der Waals surface area contributed by atoms with E-state index >= 15 is 0 Å². The maximum atomic E-state index is 11.7. The second-order valence-corrected chi connectivity index (χ2v) is 5.01. The molecule has 2 atom stereocenters. The third kappa shape index (κ3) is 3.92. The van der Waals surface area contributed by atoms with Crippen molar-refractivity contribution < 1.29 is 4.79 Å². The number of amides is 1. The summed E-state index contributed by atoms with van der Waals surface area (Å²) in [6, 6.07) is 4.73. The zero-order valence-corrected chi connectivity index (χ0v) is 11.6. The minimum absolute atomic E-state index is 0.121. The standard InChI is InChI=1S/C14H22N4O/c1-3-15-14(19)13-9-12(5-7-17-13)18-11-4-6-16-10(2)8-11/h5,7,9-11,16H,3-4,6,8H2,1-2H3,(H,15,19)(H,17,18). The van der Waals surface area contributed by atoms with Crippen LogP contribution in [0.2, 0.25) is 0 Å². The first-order chi connectivity index (χ1) is 9.19. The number of anilines is 1. The Balaban J connectivity index is 2.00. The highest BCUT2D eigenvalue weighted by Crippen LogP contribution is 2.16. The molecule has 19 heavy (non-hydrogen) atoms. The van der Waals surface area contributed by atoms with Crippen molar-refractivity contribution in [3.05, 3.63) is 24.0 Å². The second-order valence-electron chi connectivity index (χ2n) is 5.01. The molecular formula is C14H22N4O. The van der Waals surface area contributed by atoms with Crippen LogP contribution in [0.3, 0.4) is 0 Å². The summed E-state index contributed by atoms with van der Waals surface area (Å²) in [5.74, 6) is -0.121. The highest BCUT2D eigenvalue weighted by molar-refractivity contribution is 5.93. The molecule has 1 fully saturated rings. The van der Waals surface area contributed by atoms with Gasteiger partial charge in [0.15, 0.2) is 0 Å². The van der Waals surface area contributed by atoms with Gasteiger partial charge in [-0.1, -0.05) is 0 Å². The fourth-order valence-electron chi connectivity index (χ4n) is 2.39. The Labute approximate surface area is 114 Å². The van der Waals surface area contributed by atoms with Gasteiger partial charge in [-0.25, -0.2) is 0 Å². The predicted molar refractivity (Wildman–Crippen MR) is 76.4 cm³/mol. The third-order valence-electron chi connectivity index (χ3n) is 3.32. The number of aromatic nitrogens is 1. The van der Waals surface area contributed by atoms with Crippen LogP contribution in [0.25, 0.3) is 0 Å². The first kappa shape index (κ1) is 13.8. The van der Waals surface area contributed by atoms with E-state index in [1.54, 1.807) is 6.20 Å². The Bertz CT molecular complexity index is 435. The quantitative estimate of drug-likeness (QED) is 0.767. The first-order valence-electron chi connectivity index (χ1n) is 6.93. The Kier molecular flexibility index (Phi) is 4.74. The average Bonchev–Trinajstić information content (AvgIpc) is 2.39. The summed E-state index contributed by atoms with van der Waals surface area (Å²) >= 11 is 0. The number of nitrogens with one attached hydrogen (secondary N) is 3. The van der Waals surface area contributed by atoms with Gasteiger partial charge in [-0.2, -0.15) is 0 Å². The number of nitrogens with zero attached hydrogens (tertiary/aromatic N) is 1. The maximum absolute atomic E-state index is 11.7.